The van der Waals surface area contributed by atoms with Crippen molar-refractivity contribution in [3.05, 3.63) is 45.8 Å². The van der Waals surface area contributed by atoms with E-state index in [1.165, 1.54) is 16.0 Å². The third kappa shape index (κ3) is 3.78. The van der Waals surface area contributed by atoms with Crippen LogP contribution in [0.25, 0.3) is 0 Å². The summed E-state index contributed by atoms with van der Waals surface area (Å²) in [6, 6.07) is 6.47. The zero-order valence-corrected chi connectivity index (χ0v) is 12.6. The molecule has 19 heavy (non-hydrogen) atoms. The Balaban J connectivity index is 2.07. The van der Waals surface area contributed by atoms with Gasteiger partial charge in [0.2, 0.25) is 0 Å². The average molecular weight is 275 g/mol. The fraction of sp³-hybridized carbons (Fsp3) is 0.400. The van der Waals surface area contributed by atoms with Gasteiger partial charge in [-0.15, -0.1) is 11.3 Å². The van der Waals surface area contributed by atoms with Gasteiger partial charge in [-0.05, 0) is 42.1 Å². The fourth-order valence-electron chi connectivity index (χ4n) is 2.10. The molecule has 4 heteroatoms. The molecule has 0 aromatic carbocycles. The summed E-state index contributed by atoms with van der Waals surface area (Å²) in [5, 5.41) is 5.44. The van der Waals surface area contributed by atoms with Crippen molar-refractivity contribution in [1.82, 2.24) is 10.3 Å². The zero-order chi connectivity index (χ0) is 13.7. The Morgan fingerprint density at radius 2 is 2.26 bits per heavy atom. The molecule has 2 rings (SSSR count). The topological polar surface area (TPSA) is 28.2 Å². The van der Waals surface area contributed by atoms with Crippen molar-refractivity contribution < 1.29 is 0 Å². The first kappa shape index (κ1) is 14.0. The lowest BCUT2D eigenvalue weighted by atomic mass is 10.2. The summed E-state index contributed by atoms with van der Waals surface area (Å²) in [6.45, 7) is 7.03. The first-order valence-corrected chi connectivity index (χ1v) is 7.48. The molecule has 0 radical (unpaired) electrons. The summed E-state index contributed by atoms with van der Waals surface area (Å²) in [4.78, 5) is 8.17. The largest absolute Gasteiger partial charge is 0.354 e. The molecule has 102 valence electrons. The molecule has 1 N–H and O–H groups in total. The highest BCUT2D eigenvalue weighted by molar-refractivity contribution is 7.09. The molecule has 0 fully saturated rings. The number of aromatic nitrogens is 1. The van der Waals surface area contributed by atoms with Crippen LogP contribution in [0.1, 0.15) is 22.9 Å². The van der Waals surface area contributed by atoms with Gasteiger partial charge in [0.1, 0.15) is 5.82 Å². The summed E-state index contributed by atoms with van der Waals surface area (Å²) < 4.78 is 0. The van der Waals surface area contributed by atoms with Gasteiger partial charge in [0.05, 0.1) is 6.54 Å². The van der Waals surface area contributed by atoms with Crippen LogP contribution in [0, 0.1) is 6.92 Å². The van der Waals surface area contributed by atoms with E-state index in [1.807, 2.05) is 6.20 Å². The van der Waals surface area contributed by atoms with Crippen LogP contribution < -0.4 is 10.2 Å². The molecule has 3 nitrogen and oxygen atoms in total. The van der Waals surface area contributed by atoms with Crippen LogP contribution in [0.5, 0.6) is 0 Å². The Labute approximate surface area is 119 Å². The first-order chi connectivity index (χ1) is 9.20. The minimum Gasteiger partial charge on any atom is -0.354 e. The number of hydrogen-bond acceptors (Lipinski definition) is 4. The third-order valence-electron chi connectivity index (χ3n) is 3.02. The van der Waals surface area contributed by atoms with E-state index in [0.29, 0.717) is 0 Å². The molecule has 0 atom stereocenters. The highest BCUT2D eigenvalue weighted by atomic mass is 32.1. The predicted molar refractivity (Wildman–Crippen MR) is 82.8 cm³/mol. The second-order valence-electron chi connectivity index (χ2n) is 4.70. The van der Waals surface area contributed by atoms with E-state index >= 15 is 0 Å². The van der Waals surface area contributed by atoms with Crippen molar-refractivity contribution in [2.45, 2.75) is 26.9 Å². The Kier molecular flexibility index (Phi) is 4.93. The van der Waals surface area contributed by atoms with Crippen molar-refractivity contribution in [2.24, 2.45) is 0 Å². The van der Waals surface area contributed by atoms with Crippen LogP contribution in [0.15, 0.2) is 29.8 Å². The molecule has 0 unspecified atom stereocenters. The van der Waals surface area contributed by atoms with Gasteiger partial charge in [-0.1, -0.05) is 13.0 Å². The lowest BCUT2D eigenvalue weighted by Crippen LogP contribution is -2.19. The van der Waals surface area contributed by atoms with Gasteiger partial charge in [-0.2, -0.15) is 0 Å². The molecular weight excluding hydrogens is 254 g/mol. The smallest absolute Gasteiger partial charge is 0.131 e. The van der Waals surface area contributed by atoms with Gasteiger partial charge in [0.15, 0.2) is 0 Å². The van der Waals surface area contributed by atoms with Gasteiger partial charge >= 0.3 is 0 Å². The van der Waals surface area contributed by atoms with E-state index in [0.717, 1.165) is 25.5 Å². The number of pyridine rings is 1. The maximum atomic E-state index is 4.60. The van der Waals surface area contributed by atoms with Gasteiger partial charge in [0, 0.05) is 24.7 Å². The molecule has 0 aliphatic carbocycles. The summed E-state index contributed by atoms with van der Waals surface area (Å²) in [5.41, 5.74) is 2.47. The fourth-order valence-corrected chi connectivity index (χ4v) is 2.86. The molecule has 0 aliphatic rings. The average Bonchev–Trinajstić information content (AvgIpc) is 2.89. The van der Waals surface area contributed by atoms with Gasteiger partial charge < -0.3 is 10.2 Å². The summed E-state index contributed by atoms with van der Waals surface area (Å²) in [7, 11) is 2.10. The van der Waals surface area contributed by atoms with Crippen LogP contribution >= 0.6 is 11.3 Å². The number of hydrogen-bond donors (Lipinski definition) is 1. The van der Waals surface area contributed by atoms with Crippen molar-refractivity contribution in [3.8, 4) is 0 Å². The molecule has 2 heterocycles. The molecule has 2 aromatic heterocycles. The summed E-state index contributed by atoms with van der Waals surface area (Å²) in [5.74, 6) is 1.06. The number of anilines is 1. The van der Waals surface area contributed by atoms with Crippen LogP contribution in [0.4, 0.5) is 5.82 Å². The van der Waals surface area contributed by atoms with Crippen molar-refractivity contribution in [2.75, 3.05) is 18.5 Å². The minimum atomic E-state index is 0.888. The van der Waals surface area contributed by atoms with Gasteiger partial charge in [-0.3, -0.25) is 0 Å². The highest BCUT2D eigenvalue weighted by Gasteiger charge is 2.08. The lowest BCUT2D eigenvalue weighted by molar-refractivity contribution is 0.723. The molecule has 0 saturated heterocycles. The van der Waals surface area contributed by atoms with Crippen molar-refractivity contribution in [1.29, 1.82) is 0 Å². The van der Waals surface area contributed by atoms with Crippen LogP contribution in [0.3, 0.4) is 0 Å². The lowest BCUT2D eigenvalue weighted by Gasteiger charge is -2.20. The quantitative estimate of drug-likeness (QED) is 0.877. The molecule has 0 amide bonds. The number of thiophene rings is 1. The molecule has 0 spiro atoms. The Morgan fingerprint density at radius 3 is 2.89 bits per heavy atom. The second kappa shape index (κ2) is 6.68. The van der Waals surface area contributed by atoms with Gasteiger partial charge in [0.25, 0.3) is 0 Å². The predicted octanol–water partition coefficient (Wildman–Crippen LogP) is 3.20. The normalized spacial score (nSPS) is 10.7. The van der Waals surface area contributed by atoms with Crippen molar-refractivity contribution >= 4 is 17.2 Å². The number of nitrogens with zero attached hydrogens (tertiary/aromatic N) is 2. The molecule has 0 bridgehead atoms. The SMILES string of the molecule is CCNCc1cnc(N(C)Cc2cccs2)c(C)c1. The maximum Gasteiger partial charge on any atom is 0.131 e. The minimum absolute atomic E-state index is 0.888. The molecule has 0 aliphatic heterocycles. The van der Waals surface area contributed by atoms with E-state index < -0.39 is 0 Å². The van der Waals surface area contributed by atoms with E-state index in [2.05, 4.69) is 59.7 Å². The summed E-state index contributed by atoms with van der Waals surface area (Å²) >= 11 is 1.79. The van der Waals surface area contributed by atoms with E-state index in [4.69, 9.17) is 0 Å². The molecular formula is C15H21N3S. The number of rotatable bonds is 6. The summed E-state index contributed by atoms with van der Waals surface area (Å²) in [6.07, 6.45) is 1.97. The monoisotopic (exact) mass is 275 g/mol. The highest BCUT2D eigenvalue weighted by Crippen LogP contribution is 2.20. The maximum absolute atomic E-state index is 4.60. The van der Waals surface area contributed by atoms with Gasteiger partial charge in [-0.25, -0.2) is 4.98 Å². The number of aryl methyl sites for hydroxylation is 1. The molecule has 0 saturated carbocycles. The van der Waals surface area contributed by atoms with Crippen LogP contribution in [-0.2, 0) is 13.1 Å². The standard InChI is InChI=1S/C15H21N3S/c1-4-16-9-13-8-12(2)15(17-10-13)18(3)11-14-6-5-7-19-14/h5-8,10,16H,4,9,11H2,1-3H3. The van der Waals surface area contributed by atoms with Crippen LogP contribution in [0.2, 0.25) is 0 Å². The van der Waals surface area contributed by atoms with E-state index in [-0.39, 0.29) is 0 Å². The Bertz CT molecular complexity index is 508. The Morgan fingerprint density at radius 1 is 1.42 bits per heavy atom. The van der Waals surface area contributed by atoms with Crippen molar-refractivity contribution in [3.63, 3.8) is 0 Å². The Hall–Kier alpha value is -1.39. The number of nitrogens with one attached hydrogen (secondary N) is 1. The zero-order valence-electron chi connectivity index (χ0n) is 11.8. The third-order valence-corrected chi connectivity index (χ3v) is 3.88. The first-order valence-electron chi connectivity index (χ1n) is 6.60. The second-order valence-corrected chi connectivity index (χ2v) is 5.73. The van der Waals surface area contributed by atoms with Crippen LogP contribution in [-0.4, -0.2) is 18.6 Å². The van der Waals surface area contributed by atoms with E-state index in [1.54, 1.807) is 11.3 Å². The van der Waals surface area contributed by atoms with E-state index in [9.17, 15) is 0 Å². The molecule has 2 aromatic rings.